The Hall–Kier alpha value is -3.27. The second kappa shape index (κ2) is 7.83. The predicted molar refractivity (Wildman–Crippen MR) is 87.0 cm³/mol. The molecular formula is C14H13N5O4S. The summed E-state index contributed by atoms with van der Waals surface area (Å²) in [5, 5.41) is -0.237. The molecule has 0 saturated carbocycles. The van der Waals surface area contributed by atoms with Gasteiger partial charge in [0.1, 0.15) is 0 Å². The van der Waals surface area contributed by atoms with Crippen molar-refractivity contribution in [3.05, 3.63) is 81.9 Å². The summed E-state index contributed by atoms with van der Waals surface area (Å²) < 4.78 is 25.9. The lowest BCUT2D eigenvalue weighted by Gasteiger charge is -2.05. The van der Waals surface area contributed by atoms with Crippen molar-refractivity contribution in [1.82, 2.24) is 19.9 Å². The lowest BCUT2D eigenvalue weighted by Crippen LogP contribution is -2.19. The van der Waals surface area contributed by atoms with E-state index in [4.69, 9.17) is 0 Å². The summed E-state index contributed by atoms with van der Waals surface area (Å²) in [4.78, 5) is 32.0. The number of aromatic amines is 2. The summed E-state index contributed by atoms with van der Waals surface area (Å²) in [7, 11) is -3.69. The first-order chi connectivity index (χ1) is 11.5. The Morgan fingerprint density at radius 1 is 0.917 bits per heavy atom. The molecule has 0 spiro atoms. The van der Waals surface area contributed by atoms with Gasteiger partial charge in [-0.2, -0.15) is 8.42 Å². The van der Waals surface area contributed by atoms with Crippen molar-refractivity contribution >= 4 is 15.7 Å². The molecular weight excluding hydrogens is 334 g/mol. The van der Waals surface area contributed by atoms with E-state index >= 15 is 0 Å². The quantitative estimate of drug-likeness (QED) is 0.584. The molecule has 0 fully saturated rings. The Labute approximate surface area is 136 Å². The van der Waals surface area contributed by atoms with Gasteiger partial charge in [0.25, 0.3) is 20.7 Å². The van der Waals surface area contributed by atoms with E-state index < -0.39 is 15.7 Å². The van der Waals surface area contributed by atoms with Crippen molar-refractivity contribution in [1.29, 1.82) is 0 Å². The van der Waals surface area contributed by atoms with E-state index in [-0.39, 0.29) is 10.7 Å². The van der Waals surface area contributed by atoms with Gasteiger partial charge in [-0.25, -0.2) is 14.8 Å². The minimum Gasteiger partial charge on any atom is -0.314 e. The number of benzene rings is 1. The highest BCUT2D eigenvalue weighted by atomic mass is 32.2. The molecule has 3 aromatic rings. The number of para-hydroxylation sites is 1. The second-order valence-corrected chi connectivity index (χ2v) is 5.88. The Kier molecular flexibility index (Phi) is 5.58. The van der Waals surface area contributed by atoms with E-state index in [1.807, 2.05) is 4.98 Å². The average Bonchev–Trinajstić information content (AvgIpc) is 2.57. The van der Waals surface area contributed by atoms with Crippen LogP contribution in [0.4, 0.5) is 5.69 Å². The largest absolute Gasteiger partial charge is 0.325 e. The average molecular weight is 347 g/mol. The molecule has 1 aromatic carbocycles. The normalized spacial score (nSPS) is 10.3. The molecule has 0 aliphatic rings. The highest BCUT2D eigenvalue weighted by Gasteiger charge is 2.16. The van der Waals surface area contributed by atoms with Crippen LogP contribution in [0.3, 0.4) is 0 Å². The minimum atomic E-state index is -3.69. The third-order valence-corrected chi connectivity index (χ3v) is 3.69. The first-order valence-electron chi connectivity index (χ1n) is 6.60. The van der Waals surface area contributed by atoms with Gasteiger partial charge in [-0.1, -0.05) is 18.2 Å². The van der Waals surface area contributed by atoms with Crippen LogP contribution >= 0.6 is 0 Å². The van der Waals surface area contributed by atoms with Crippen molar-refractivity contribution in [3.63, 3.8) is 0 Å². The maximum atomic E-state index is 11.8. The van der Waals surface area contributed by atoms with E-state index in [0.29, 0.717) is 5.69 Å². The molecule has 24 heavy (non-hydrogen) atoms. The molecule has 0 aliphatic heterocycles. The first-order valence-corrected chi connectivity index (χ1v) is 8.08. The minimum absolute atomic E-state index is 0.237. The van der Waals surface area contributed by atoms with E-state index in [1.165, 1.54) is 24.7 Å². The van der Waals surface area contributed by atoms with Crippen molar-refractivity contribution in [3.8, 4) is 0 Å². The highest BCUT2D eigenvalue weighted by Crippen LogP contribution is 2.11. The van der Waals surface area contributed by atoms with Crippen molar-refractivity contribution in [2.24, 2.45) is 0 Å². The van der Waals surface area contributed by atoms with Gasteiger partial charge in [-0.15, -0.1) is 0 Å². The lowest BCUT2D eigenvalue weighted by atomic mass is 10.3. The second-order valence-electron chi connectivity index (χ2n) is 4.30. The maximum absolute atomic E-state index is 11.8. The van der Waals surface area contributed by atoms with Gasteiger partial charge in [0.15, 0.2) is 0 Å². The predicted octanol–water partition coefficient (Wildman–Crippen LogP) is 0.341. The Morgan fingerprint density at radius 2 is 1.58 bits per heavy atom. The van der Waals surface area contributed by atoms with Crippen LogP contribution in [-0.2, 0) is 10.0 Å². The van der Waals surface area contributed by atoms with E-state index in [2.05, 4.69) is 19.7 Å². The molecule has 124 valence electrons. The molecule has 3 rings (SSSR count). The first kappa shape index (κ1) is 17.1. The summed E-state index contributed by atoms with van der Waals surface area (Å²) in [5.74, 6) is 0. The number of rotatable bonds is 3. The number of sulfonamides is 1. The van der Waals surface area contributed by atoms with Gasteiger partial charge >= 0.3 is 5.69 Å². The molecule has 9 nitrogen and oxygen atoms in total. The van der Waals surface area contributed by atoms with Gasteiger partial charge in [0.2, 0.25) is 0 Å². The standard InChI is InChI=1S/C10H9N3O2S.C4H4N2O2/c14-16(15,10-11-7-4-8-12-10)13-9-5-2-1-3-6-9;7-3-1-2-5-4(8)6-3/h1-8,13H;1-2H,(H2,5,6,7,8). The zero-order chi connectivity index (χ0) is 17.4. The number of nitrogens with zero attached hydrogens (tertiary/aromatic N) is 2. The van der Waals surface area contributed by atoms with Crippen LogP contribution in [0.5, 0.6) is 0 Å². The van der Waals surface area contributed by atoms with Crippen molar-refractivity contribution < 1.29 is 8.42 Å². The molecule has 3 N–H and O–H groups in total. The van der Waals surface area contributed by atoms with Crippen LogP contribution in [0.1, 0.15) is 0 Å². The summed E-state index contributed by atoms with van der Waals surface area (Å²) in [6, 6.07) is 11.4. The Morgan fingerprint density at radius 3 is 2.12 bits per heavy atom. The number of H-pyrrole nitrogens is 2. The van der Waals surface area contributed by atoms with Gasteiger partial charge in [-0.05, 0) is 18.2 Å². The fourth-order valence-electron chi connectivity index (χ4n) is 1.51. The van der Waals surface area contributed by atoms with Crippen LogP contribution in [0.25, 0.3) is 0 Å². The molecule has 0 aliphatic carbocycles. The fourth-order valence-corrected chi connectivity index (χ4v) is 2.45. The van der Waals surface area contributed by atoms with Crippen molar-refractivity contribution in [2.75, 3.05) is 4.72 Å². The van der Waals surface area contributed by atoms with Gasteiger partial charge < -0.3 is 4.98 Å². The molecule has 10 heteroatoms. The number of hydrogen-bond donors (Lipinski definition) is 3. The molecule has 0 saturated heterocycles. The number of nitrogens with one attached hydrogen (secondary N) is 3. The van der Waals surface area contributed by atoms with Gasteiger partial charge in [-0.3, -0.25) is 14.5 Å². The number of anilines is 1. The Bertz CT molecular complexity index is 959. The fraction of sp³-hybridized carbons (Fsp3) is 0. The van der Waals surface area contributed by atoms with E-state index in [0.717, 1.165) is 0 Å². The number of aromatic nitrogens is 4. The van der Waals surface area contributed by atoms with Crippen molar-refractivity contribution in [2.45, 2.75) is 5.16 Å². The maximum Gasteiger partial charge on any atom is 0.325 e. The summed E-state index contributed by atoms with van der Waals surface area (Å²) in [5.41, 5.74) is -0.374. The van der Waals surface area contributed by atoms with Crippen LogP contribution < -0.4 is 16.0 Å². The summed E-state index contributed by atoms with van der Waals surface area (Å²) in [6.07, 6.45) is 4.06. The molecule has 0 radical (unpaired) electrons. The third kappa shape index (κ3) is 5.18. The van der Waals surface area contributed by atoms with Crippen LogP contribution in [0.15, 0.2) is 75.8 Å². The molecule has 0 bridgehead atoms. The molecule has 0 unspecified atom stereocenters. The Balaban J connectivity index is 0.000000219. The summed E-state index contributed by atoms with van der Waals surface area (Å²) in [6.45, 7) is 0. The van der Waals surface area contributed by atoms with E-state index in [9.17, 15) is 18.0 Å². The highest BCUT2D eigenvalue weighted by molar-refractivity contribution is 7.92. The zero-order valence-electron chi connectivity index (χ0n) is 12.2. The monoisotopic (exact) mass is 347 g/mol. The molecule has 2 heterocycles. The molecule has 2 aromatic heterocycles. The number of hydrogen-bond acceptors (Lipinski definition) is 6. The third-order valence-electron chi connectivity index (χ3n) is 2.49. The molecule has 0 amide bonds. The smallest absolute Gasteiger partial charge is 0.314 e. The summed E-state index contributed by atoms with van der Waals surface area (Å²) >= 11 is 0. The van der Waals surface area contributed by atoms with Crippen LogP contribution in [0.2, 0.25) is 0 Å². The topological polar surface area (TPSA) is 138 Å². The lowest BCUT2D eigenvalue weighted by molar-refractivity contribution is 0.592. The zero-order valence-corrected chi connectivity index (χ0v) is 13.0. The van der Waals surface area contributed by atoms with E-state index in [1.54, 1.807) is 36.4 Å². The SMILES string of the molecule is O=S(=O)(Nc1ccccc1)c1ncccn1.O=c1cc[nH]c(=O)[nH]1. The molecule has 0 atom stereocenters. The van der Waals surface area contributed by atoms with Crippen LogP contribution in [0, 0.1) is 0 Å². The van der Waals surface area contributed by atoms with Gasteiger partial charge in [0, 0.05) is 30.3 Å². The van der Waals surface area contributed by atoms with Gasteiger partial charge in [0.05, 0.1) is 0 Å². The van der Waals surface area contributed by atoms with Crippen LogP contribution in [-0.4, -0.2) is 28.4 Å².